The number of primary amides is 1. The first-order valence-corrected chi connectivity index (χ1v) is 6.62. The predicted octanol–water partition coefficient (Wildman–Crippen LogP) is 1.39. The lowest BCUT2D eigenvalue weighted by Crippen LogP contribution is -2.48. The number of nitrogens with zero attached hydrogens (tertiary/aromatic N) is 1. The highest BCUT2D eigenvalue weighted by molar-refractivity contribution is 5.84. The topological polar surface area (TPSA) is 58.4 Å². The number of hydrogen-bond acceptors (Lipinski definition) is 3. The molecule has 0 spiro atoms. The zero-order chi connectivity index (χ0) is 13.8. The smallest absolute Gasteiger partial charge is 0.240 e. The third kappa shape index (κ3) is 3.04. The lowest BCUT2D eigenvalue weighted by atomic mass is 9.99. The lowest BCUT2D eigenvalue weighted by molar-refractivity contribution is -0.119. The maximum absolute atomic E-state index is 13.4. The van der Waals surface area contributed by atoms with Gasteiger partial charge in [-0.2, -0.15) is 0 Å². The Bertz CT molecular complexity index is 464. The Morgan fingerprint density at radius 3 is 3.00 bits per heavy atom. The van der Waals surface area contributed by atoms with Crippen molar-refractivity contribution in [2.45, 2.75) is 31.8 Å². The highest BCUT2D eigenvalue weighted by atomic mass is 19.1. The number of hydrogen-bond donors (Lipinski definition) is 2. The number of piperidine rings is 1. The molecule has 3 N–H and O–H groups in total. The standard InChI is InChI=1S/C14H20FN3O/c1-17-9-10-8-11(15)5-6-12(10)18-7-3-2-4-13(18)14(16)19/h5-6,8,13,17H,2-4,7,9H2,1H3,(H2,16,19). The molecule has 4 nitrogen and oxygen atoms in total. The Labute approximate surface area is 112 Å². The molecule has 19 heavy (non-hydrogen) atoms. The van der Waals surface area contributed by atoms with Gasteiger partial charge >= 0.3 is 0 Å². The van der Waals surface area contributed by atoms with Gasteiger partial charge in [0, 0.05) is 18.8 Å². The third-order valence-electron chi connectivity index (χ3n) is 3.55. The van der Waals surface area contributed by atoms with E-state index in [0.717, 1.165) is 37.1 Å². The number of carbonyl (C=O) groups excluding carboxylic acids is 1. The van der Waals surface area contributed by atoms with E-state index in [4.69, 9.17) is 5.73 Å². The Morgan fingerprint density at radius 2 is 2.32 bits per heavy atom. The Hall–Kier alpha value is -1.62. The number of amides is 1. The first-order valence-electron chi connectivity index (χ1n) is 6.62. The maximum Gasteiger partial charge on any atom is 0.240 e. The van der Waals surface area contributed by atoms with Gasteiger partial charge < -0.3 is 16.0 Å². The molecule has 1 heterocycles. The van der Waals surface area contributed by atoms with Crippen LogP contribution in [-0.4, -0.2) is 25.5 Å². The largest absolute Gasteiger partial charge is 0.368 e. The van der Waals surface area contributed by atoms with E-state index in [1.807, 2.05) is 11.9 Å². The molecule has 0 saturated carbocycles. The lowest BCUT2D eigenvalue weighted by Gasteiger charge is -2.36. The van der Waals surface area contributed by atoms with Crippen LogP contribution >= 0.6 is 0 Å². The van der Waals surface area contributed by atoms with Crippen molar-refractivity contribution in [2.75, 3.05) is 18.5 Å². The molecule has 1 amide bonds. The molecule has 0 radical (unpaired) electrons. The molecular weight excluding hydrogens is 245 g/mol. The van der Waals surface area contributed by atoms with Crippen LogP contribution in [0.1, 0.15) is 24.8 Å². The molecule has 1 aliphatic rings. The number of nitrogens with two attached hydrogens (primary N) is 1. The summed E-state index contributed by atoms with van der Waals surface area (Å²) in [5.74, 6) is -0.568. The van der Waals surface area contributed by atoms with Gasteiger partial charge in [-0.25, -0.2) is 4.39 Å². The fourth-order valence-electron chi connectivity index (χ4n) is 2.68. The monoisotopic (exact) mass is 265 g/mol. The number of benzene rings is 1. The summed E-state index contributed by atoms with van der Waals surface area (Å²) in [6, 6.07) is 4.40. The van der Waals surface area contributed by atoms with Crippen LogP contribution < -0.4 is 16.0 Å². The molecule has 0 aliphatic carbocycles. The SMILES string of the molecule is CNCc1cc(F)ccc1N1CCCCC1C(N)=O. The summed E-state index contributed by atoms with van der Waals surface area (Å²) in [5.41, 5.74) is 7.24. The molecule has 1 aromatic rings. The summed E-state index contributed by atoms with van der Waals surface area (Å²) in [4.78, 5) is 13.6. The van der Waals surface area contributed by atoms with Crippen LogP contribution in [0.25, 0.3) is 0 Å². The summed E-state index contributed by atoms with van der Waals surface area (Å²) >= 11 is 0. The molecular formula is C14H20FN3O. The van der Waals surface area contributed by atoms with Crippen LogP contribution in [0.2, 0.25) is 0 Å². The van der Waals surface area contributed by atoms with E-state index in [9.17, 15) is 9.18 Å². The Kier molecular flexibility index (Phi) is 4.37. The molecule has 1 unspecified atom stereocenters. The summed E-state index contributed by atoms with van der Waals surface area (Å²) < 4.78 is 13.4. The number of rotatable bonds is 4. The fourth-order valence-corrected chi connectivity index (χ4v) is 2.68. The number of halogens is 1. The molecule has 1 atom stereocenters. The number of anilines is 1. The first kappa shape index (κ1) is 13.8. The van der Waals surface area contributed by atoms with Crippen LogP contribution in [0, 0.1) is 5.82 Å². The third-order valence-corrected chi connectivity index (χ3v) is 3.55. The van der Waals surface area contributed by atoms with Crippen molar-refractivity contribution in [1.29, 1.82) is 0 Å². The highest BCUT2D eigenvalue weighted by Gasteiger charge is 2.28. The second-order valence-corrected chi connectivity index (χ2v) is 4.91. The van der Waals surface area contributed by atoms with E-state index >= 15 is 0 Å². The molecule has 1 aliphatic heterocycles. The van der Waals surface area contributed by atoms with Crippen molar-refractivity contribution >= 4 is 11.6 Å². The van der Waals surface area contributed by atoms with E-state index in [1.54, 1.807) is 6.07 Å². The molecule has 104 valence electrons. The minimum Gasteiger partial charge on any atom is -0.368 e. The van der Waals surface area contributed by atoms with E-state index in [0.29, 0.717) is 6.54 Å². The summed E-state index contributed by atoms with van der Waals surface area (Å²) in [7, 11) is 1.82. The van der Waals surface area contributed by atoms with Gasteiger partial charge in [0.2, 0.25) is 5.91 Å². The average molecular weight is 265 g/mol. The van der Waals surface area contributed by atoms with Gasteiger partial charge in [-0.1, -0.05) is 0 Å². The van der Waals surface area contributed by atoms with Crippen LogP contribution in [0.3, 0.4) is 0 Å². The number of nitrogens with one attached hydrogen (secondary N) is 1. The zero-order valence-corrected chi connectivity index (χ0v) is 11.2. The average Bonchev–Trinajstić information content (AvgIpc) is 2.39. The van der Waals surface area contributed by atoms with Crippen molar-refractivity contribution < 1.29 is 9.18 Å². The van der Waals surface area contributed by atoms with Crippen LogP contribution in [0.4, 0.5) is 10.1 Å². The first-order chi connectivity index (χ1) is 9.13. The van der Waals surface area contributed by atoms with Crippen molar-refractivity contribution in [3.05, 3.63) is 29.6 Å². The van der Waals surface area contributed by atoms with Crippen molar-refractivity contribution in [3.63, 3.8) is 0 Å². The van der Waals surface area contributed by atoms with E-state index in [1.165, 1.54) is 12.1 Å². The number of carbonyl (C=O) groups is 1. The second kappa shape index (κ2) is 6.02. The summed E-state index contributed by atoms with van der Waals surface area (Å²) in [6.45, 7) is 1.35. The van der Waals surface area contributed by atoms with E-state index in [-0.39, 0.29) is 17.8 Å². The quantitative estimate of drug-likeness (QED) is 0.865. The van der Waals surface area contributed by atoms with Crippen LogP contribution in [0.5, 0.6) is 0 Å². The van der Waals surface area contributed by atoms with Crippen molar-refractivity contribution in [2.24, 2.45) is 5.73 Å². The van der Waals surface area contributed by atoms with Crippen LogP contribution in [0.15, 0.2) is 18.2 Å². The Morgan fingerprint density at radius 1 is 1.53 bits per heavy atom. The van der Waals surface area contributed by atoms with Crippen molar-refractivity contribution in [1.82, 2.24) is 5.32 Å². The molecule has 5 heteroatoms. The molecule has 1 aromatic carbocycles. The molecule has 1 fully saturated rings. The highest BCUT2D eigenvalue weighted by Crippen LogP contribution is 2.28. The molecule has 1 saturated heterocycles. The van der Waals surface area contributed by atoms with E-state index < -0.39 is 0 Å². The Balaban J connectivity index is 2.35. The van der Waals surface area contributed by atoms with Gasteiger partial charge in [-0.15, -0.1) is 0 Å². The maximum atomic E-state index is 13.4. The van der Waals surface area contributed by atoms with Gasteiger partial charge in [0.05, 0.1) is 0 Å². The van der Waals surface area contributed by atoms with Gasteiger partial charge in [0.25, 0.3) is 0 Å². The fraction of sp³-hybridized carbons (Fsp3) is 0.500. The van der Waals surface area contributed by atoms with Gasteiger partial charge in [0.15, 0.2) is 0 Å². The second-order valence-electron chi connectivity index (χ2n) is 4.91. The predicted molar refractivity (Wildman–Crippen MR) is 73.3 cm³/mol. The van der Waals surface area contributed by atoms with E-state index in [2.05, 4.69) is 5.32 Å². The molecule has 0 bridgehead atoms. The summed E-state index contributed by atoms with van der Waals surface area (Å²) in [6.07, 6.45) is 2.80. The molecule has 2 rings (SSSR count). The van der Waals surface area contributed by atoms with Gasteiger partial charge in [-0.3, -0.25) is 4.79 Å². The normalized spacial score (nSPS) is 19.5. The van der Waals surface area contributed by atoms with Gasteiger partial charge in [0.1, 0.15) is 11.9 Å². The van der Waals surface area contributed by atoms with Crippen LogP contribution in [-0.2, 0) is 11.3 Å². The molecule has 0 aromatic heterocycles. The van der Waals surface area contributed by atoms with Crippen molar-refractivity contribution in [3.8, 4) is 0 Å². The minimum atomic E-state index is -0.306. The van der Waals surface area contributed by atoms with Gasteiger partial charge in [-0.05, 0) is 50.1 Å². The minimum absolute atomic E-state index is 0.262. The summed E-state index contributed by atoms with van der Waals surface area (Å²) in [5, 5.41) is 3.03. The zero-order valence-electron chi connectivity index (χ0n) is 11.2.